The van der Waals surface area contributed by atoms with Crippen molar-refractivity contribution in [1.82, 2.24) is 19.8 Å². The Bertz CT molecular complexity index is 1060. The summed E-state index contributed by atoms with van der Waals surface area (Å²) in [7, 11) is 1.38. The summed E-state index contributed by atoms with van der Waals surface area (Å²) in [5.74, 6) is 0.0252. The molecule has 0 aliphatic carbocycles. The van der Waals surface area contributed by atoms with Crippen molar-refractivity contribution in [3.05, 3.63) is 63.6 Å². The van der Waals surface area contributed by atoms with Crippen molar-refractivity contribution in [3.63, 3.8) is 0 Å². The lowest BCUT2D eigenvalue weighted by Crippen LogP contribution is -2.24. The molecule has 0 spiro atoms. The van der Waals surface area contributed by atoms with Gasteiger partial charge < -0.3 is 9.47 Å². The molecule has 0 fully saturated rings. The fraction of sp³-hybridized carbons (Fsp3) is 0.278. The van der Waals surface area contributed by atoms with E-state index in [-0.39, 0.29) is 17.9 Å². The molecule has 2 aromatic carbocycles. The maximum absolute atomic E-state index is 12.8. The van der Waals surface area contributed by atoms with Gasteiger partial charge in [-0.15, -0.1) is 13.2 Å². The van der Waals surface area contributed by atoms with Gasteiger partial charge in [-0.2, -0.15) is 9.36 Å². The van der Waals surface area contributed by atoms with E-state index in [1.54, 1.807) is 6.07 Å². The second-order valence-electron chi connectivity index (χ2n) is 6.16. The molecule has 0 aliphatic heterocycles. The molecule has 3 rings (SSSR count). The molecule has 7 nitrogen and oxygen atoms in total. The van der Waals surface area contributed by atoms with Crippen molar-refractivity contribution < 1.29 is 22.6 Å². The van der Waals surface area contributed by atoms with Crippen LogP contribution >= 0.6 is 0 Å². The standard InChI is InChI=1S/C18H17F3N4O3/c1-11-7-8-15(12(2)9-11)27-10-13-14(25-17(26)24(3)22-23-25)5-4-6-16(13)28-18(19,20)21/h4-9H,10H2,1-3H3. The van der Waals surface area contributed by atoms with Crippen molar-refractivity contribution in [3.8, 4) is 17.2 Å². The number of halogens is 3. The van der Waals surface area contributed by atoms with E-state index in [1.165, 1.54) is 19.2 Å². The summed E-state index contributed by atoms with van der Waals surface area (Å²) >= 11 is 0. The normalized spacial score (nSPS) is 11.5. The first-order valence-corrected chi connectivity index (χ1v) is 8.23. The Balaban J connectivity index is 2.04. The highest BCUT2D eigenvalue weighted by Crippen LogP contribution is 2.31. The topological polar surface area (TPSA) is 71.2 Å². The van der Waals surface area contributed by atoms with Crippen LogP contribution < -0.4 is 15.2 Å². The molecule has 1 aromatic heterocycles. The lowest BCUT2D eigenvalue weighted by atomic mass is 10.1. The van der Waals surface area contributed by atoms with E-state index >= 15 is 0 Å². The number of benzene rings is 2. The molecular weight excluding hydrogens is 377 g/mol. The number of nitrogens with zero attached hydrogens (tertiary/aromatic N) is 4. The van der Waals surface area contributed by atoms with E-state index in [9.17, 15) is 18.0 Å². The highest BCUT2D eigenvalue weighted by Gasteiger charge is 2.33. The third kappa shape index (κ3) is 4.16. The van der Waals surface area contributed by atoms with Gasteiger partial charge in [0.1, 0.15) is 18.1 Å². The van der Waals surface area contributed by atoms with Crippen LogP contribution in [-0.4, -0.2) is 26.2 Å². The van der Waals surface area contributed by atoms with E-state index in [1.807, 2.05) is 26.0 Å². The number of aromatic nitrogens is 4. The van der Waals surface area contributed by atoms with Crippen LogP contribution in [0.5, 0.6) is 11.5 Å². The molecule has 1 heterocycles. The van der Waals surface area contributed by atoms with Crippen LogP contribution in [0.4, 0.5) is 13.2 Å². The van der Waals surface area contributed by atoms with Crippen molar-refractivity contribution in [2.24, 2.45) is 7.05 Å². The first-order valence-electron chi connectivity index (χ1n) is 8.23. The molecule has 0 unspecified atom stereocenters. The molecule has 0 bridgehead atoms. The summed E-state index contributed by atoms with van der Waals surface area (Å²) in [5, 5.41) is 7.29. The second kappa shape index (κ2) is 7.37. The summed E-state index contributed by atoms with van der Waals surface area (Å²) in [6.45, 7) is 3.48. The minimum Gasteiger partial charge on any atom is -0.488 e. The number of aryl methyl sites for hydroxylation is 3. The van der Waals surface area contributed by atoms with Crippen LogP contribution in [0.15, 0.2) is 41.2 Å². The zero-order valence-corrected chi connectivity index (χ0v) is 15.3. The fourth-order valence-corrected chi connectivity index (χ4v) is 2.69. The summed E-state index contributed by atoms with van der Waals surface area (Å²) in [4.78, 5) is 12.2. The van der Waals surface area contributed by atoms with Crippen molar-refractivity contribution in [2.75, 3.05) is 0 Å². The summed E-state index contributed by atoms with van der Waals surface area (Å²) in [5.41, 5.74) is 1.34. The fourth-order valence-electron chi connectivity index (χ4n) is 2.69. The van der Waals surface area contributed by atoms with Crippen LogP contribution in [0, 0.1) is 13.8 Å². The van der Waals surface area contributed by atoms with E-state index in [0.717, 1.165) is 26.6 Å². The molecule has 0 aliphatic rings. The second-order valence-corrected chi connectivity index (χ2v) is 6.16. The maximum atomic E-state index is 12.8. The number of ether oxygens (including phenoxy) is 2. The highest BCUT2D eigenvalue weighted by molar-refractivity contribution is 5.49. The third-order valence-corrected chi connectivity index (χ3v) is 3.99. The SMILES string of the molecule is Cc1ccc(OCc2c(OC(F)(F)F)cccc2-n2nnn(C)c2=O)c(C)c1. The number of hydrogen-bond acceptors (Lipinski definition) is 5. The Morgan fingerprint density at radius 2 is 1.82 bits per heavy atom. The van der Waals surface area contributed by atoms with Crippen molar-refractivity contribution >= 4 is 0 Å². The van der Waals surface area contributed by atoms with Gasteiger partial charge in [0.05, 0.1) is 11.3 Å². The number of tetrazole rings is 1. The summed E-state index contributed by atoms with van der Waals surface area (Å²) in [6.07, 6.45) is -4.90. The Hall–Kier alpha value is -3.30. The monoisotopic (exact) mass is 394 g/mol. The Morgan fingerprint density at radius 3 is 2.43 bits per heavy atom. The molecule has 148 valence electrons. The molecule has 28 heavy (non-hydrogen) atoms. The summed E-state index contributed by atoms with van der Waals surface area (Å²) in [6, 6.07) is 9.37. The van der Waals surface area contributed by atoms with Crippen LogP contribution in [0.2, 0.25) is 0 Å². The van der Waals surface area contributed by atoms with Gasteiger partial charge >= 0.3 is 12.1 Å². The predicted molar refractivity (Wildman–Crippen MR) is 93.5 cm³/mol. The minimum atomic E-state index is -4.90. The molecule has 0 atom stereocenters. The lowest BCUT2D eigenvalue weighted by Gasteiger charge is -2.17. The van der Waals surface area contributed by atoms with Crippen LogP contribution in [-0.2, 0) is 13.7 Å². The molecule has 10 heteroatoms. The highest BCUT2D eigenvalue weighted by atomic mass is 19.4. The summed E-state index contributed by atoms with van der Waals surface area (Å²) < 4.78 is 50.3. The molecule has 0 amide bonds. The average Bonchev–Trinajstić information content (AvgIpc) is 2.93. The van der Waals surface area contributed by atoms with Crippen molar-refractivity contribution in [1.29, 1.82) is 0 Å². The van der Waals surface area contributed by atoms with Gasteiger partial charge in [-0.3, -0.25) is 0 Å². The Morgan fingerprint density at radius 1 is 1.07 bits per heavy atom. The zero-order valence-electron chi connectivity index (χ0n) is 15.3. The quantitative estimate of drug-likeness (QED) is 0.665. The van der Waals surface area contributed by atoms with Gasteiger partial charge in [-0.05, 0) is 48.0 Å². The van der Waals surface area contributed by atoms with Crippen LogP contribution in [0.25, 0.3) is 5.69 Å². The largest absolute Gasteiger partial charge is 0.573 e. The van der Waals surface area contributed by atoms with Crippen molar-refractivity contribution in [2.45, 2.75) is 26.8 Å². The van der Waals surface area contributed by atoms with Gasteiger partial charge in [0.15, 0.2) is 0 Å². The first-order chi connectivity index (χ1) is 13.2. The molecular formula is C18H17F3N4O3. The van der Waals surface area contributed by atoms with E-state index < -0.39 is 17.8 Å². The predicted octanol–water partition coefficient (Wildman–Crippen LogP) is 3.06. The average molecular weight is 394 g/mol. The maximum Gasteiger partial charge on any atom is 0.573 e. The van der Waals surface area contributed by atoms with Crippen LogP contribution in [0.1, 0.15) is 16.7 Å². The number of hydrogen-bond donors (Lipinski definition) is 0. The third-order valence-electron chi connectivity index (χ3n) is 3.99. The molecule has 0 saturated heterocycles. The molecule has 0 radical (unpaired) electrons. The van der Waals surface area contributed by atoms with Gasteiger partial charge in [-0.25, -0.2) is 4.79 Å². The van der Waals surface area contributed by atoms with E-state index in [0.29, 0.717) is 5.75 Å². The zero-order chi connectivity index (χ0) is 20.5. The number of alkyl halides is 3. The minimum absolute atomic E-state index is 0.0161. The van der Waals surface area contributed by atoms with E-state index in [2.05, 4.69) is 15.2 Å². The number of rotatable bonds is 5. The Kier molecular flexibility index (Phi) is 5.12. The lowest BCUT2D eigenvalue weighted by molar-refractivity contribution is -0.275. The van der Waals surface area contributed by atoms with Gasteiger partial charge in [0.25, 0.3) is 0 Å². The molecule has 3 aromatic rings. The Labute approximate surface area is 157 Å². The van der Waals surface area contributed by atoms with Gasteiger partial charge in [0, 0.05) is 7.05 Å². The molecule has 0 saturated carbocycles. The van der Waals surface area contributed by atoms with Gasteiger partial charge in [-0.1, -0.05) is 23.8 Å². The molecule has 0 N–H and O–H groups in total. The first kappa shape index (κ1) is 19.5. The van der Waals surface area contributed by atoms with Gasteiger partial charge in [0.2, 0.25) is 0 Å². The smallest absolute Gasteiger partial charge is 0.488 e. The van der Waals surface area contributed by atoms with E-state index in [4.69, 9.17) is 4.74 Å². The van der Waals surface area contributed by atoms with Crippen LogP contribution in [0.3, 0.4) is 0 Å².